The Labute approximate surface area is 115 Å². The molecule has 0 spiro atoms. The molecule has 0 N–H and O–H groups in total. The monoisotopic (exact) mass is 264 g/mol. The lowest BCUT2D eigenvalue weighted by molar-refractivity contribution is -0.141. The Balaban J connectivity index is 2.02. The summed E-state index contributed by atoms with van der Waals surface area (Å²) in [5, 5.41) is 4.20. The van der Waals surface area contributed by atoms with Gasteiger partial charge in [-0.1, -0.05) is 0 Å². The van der Waals surface area contributed by atoms with E-state index in [2.05, 4.69) is 16.9 Å². The zero-order chi connectivity index (χ0) is 14.0. The van der Waals surface area contributed by atoms with Gasteiger partial charge >= 0.3 is 0 Å². The lowest BCUT2D eigenvalue weighted by Gasteiger charge is -2.40. The molecular weight excluding hydrogens is 240 g/mol. The third kappa shape index (κ3) is 3.15. The molecule has 1 aromatic rings. The highest BCUT2D eigenvalue weighted by atomic mass is 16.2. The van der Waals surface area contributed by atoms with E-state index in [1.807, 2.05) is 38.2 Å². The van der Waals surface area contributed by atoms with Crippen LogP contribution in [0.5, 0.6) is 0 Å². The van der Waals surface area contributed by atoms with Crippen molar-refractivity contribution in [2.45, 2.75) is 26.3 Å². The van der Waals surface area contributed by atoms with Gasteiger partial charge in [-0.15, -0.1) is 0 Å². The van der Waals surface area contributed by atoms with E-state index < -0.39 is 0 Å². The maximum Gasteiger partial charge on any atom is 0.229 e. The molecule has 1 amide bonds. The van der Waals surface area contributed by atoms with Gasteiger partial charge in [0.05, 0.1) is 11.6 Å². The Hall–Kier alpha value is -1.36. The SMILES string of the molecule is CN(C)C(=O)[C@@]1(C)CCCN(Cc2cnn(C)c2)C1. The highest BCUT2D eigenvalue weighted by molar-refractivity contribution is 5.82. The maximum absolute atomic E-state index is 12.3. The van der Waals surface area contributed by atoms with Crippen LogP contribution < -0.4 is 0 Å². The first-order chi connectivity index (χ1) is 8.90. The van der Waals surface area contributed by atoms with Crippen molar-refractivity contribution in [3.8, 4) is 0 Å². The van der Waals surface area contributed by atoms with E-state index >= 15 is 0 Å². The number of hydrogen-bond acceptors (Lipinski definition) is 3. The quantitative estimate of drug-likeness (QED) is 0.821. The number of carbonyl (C=O) groups is 1. The van der Waals surface area contributed by atoms with Gasteiger partial charge in [-0.25, -0.2) is 0 Å². The molecule has 1 saturated heterocycles. The van der Waals surface area contributed by atoms with Gasteiger partial charge in [0.2, 0.25) is 5.91 Å². The normalized spacial score (nSPS) is 24.4. The summed E-state index contributed by atoms with van der Waals surface area (Å²) in [7, 11) is 5.61. The average molecular weight is 264 g/mol. The average Bonchev–Trinajstić information content (AvgIpc) is 2.73. The van der Waals surface area contributed by atoms with Gasteiger partial charge in [-0.3, -0.25) is 14.4 Å². The summed E-state index contributed by atoms with van der Waals surface area (Å²) in [5.41, 5.74) is 0.966. The lowest BCUT2D eigenvalue weighted by atomic mass is 9.80. The molecule has 1 fully saturated rings. The molecular formula is C14H24N4O. The minimum Gasteiger partial charge on any atom is -0.348 e. The van der Waals surface area contributed by atoms with Crippen LogP contribution in [-0.2, 0) is 18.4 Å². The highest BCUT2D eigenvalue weighted by Gasteiger charge is 2.38. The molecule has 106 valence electrons. The number of hydrogen-bond donors (Lipinski definition) is 0. The molecule has 5 nitrogen and oxygen atoms in total. The number of likely N-dealkylation sites (tertiary alicyclic amines) is 1. The van der Waals surface area contributed by atoms with Crippen LogP contribution in [0, 0.1) is 5.41 Å². The second kappa shape index (κ2) is 5.33. The van der Waals surface area contributed by atoms with Crippen LogP contribution in [0.3, 0.4) is 0 Å². The first kappa shape index (κ1) is 14.1. The van der Waals surface area contributed by atoms with Gasteiger partial charge in [0.25, 0.3) is 0 Å². The standard InChI is InChI=1S/C14H24N4O/c1-14(13(19)16(2)3)6-5-7-18(11-14)10-12-8-15-17(4)9-12/h8-9H,5-7,10-11H2,1-4H3/t14-/m0/s1. The first-order valence-corrected chi connectivity index (χ1v) is 6.82. The summed E-state index contributed by atoms with van der Waals surface area (Å²) in [6, 6.07) is 0. The molecule has 0 bridgehead atoms. The molecule has 1 atom stereocenters. The van der Waals surface area contributed by atoms with Gasteiger partial charge in [0.15, 0.2) is 0 Å². The third-order valence-corrected chi connectivity index (χ3v) is 3.86. The Morgan fingerprint density at radius 2 is 2.26 bits per heavy atom. The van der Waals surface area contributed by atoms with E-state index in [1.54, 1.807) is 4.90 Å². The van der Waals surface area contributed by atoms with Crippen molar-refractivity contribution in [2.24, 2.45) is 12.5 Å². The van der Waals surface area contributed by atoms with Crippen molar-refractivity contribution in [1.29, 1.82) is 0 Å². The van der Waals surface area contributed by atoms with Crippen molar-refractivity contribution in [3.05, 3.63) is 18.0 Å². The second-order valence-corrected chi connectivity index (χ2v) is 6.10. The number of aryl methyl sites for hydroxylation is 1. The maximum atomic E-state index is 12.3. The van der Waals surface area contributed by atoms with Crippen LogP contribution in [-0.4, -0.2) is 52.7 Å². The molecule has 1 aliphatic heterocycles. The van der Waals surface area contributed by atoms with Crippen molar-refractivity contribution in [2.75, 3.05) is 27.2 Å². The van der Waals surface area contributed by atoms with E-state index in [1.165, 1.54) is 5.56 Å². The van der Waals surface area contributed by atoms with Crippen LogP contribution >= 0.6 is 0 Å². The molecule has 1 aliphatic rings. The Morgan fingerprint density at radius 3 is 2.84 bits per heavy atom. The Kier molecular flexibility index (Phi) is 3.94. The van der Waals surface area contributed by atoms with Crippen molar-refractivity contribution < 1.29 is 4.79 Å². The lowest BCUT2D eigenvalue weighted by Crippen LogP contribution is -2.49. The number of rotatable bonds is 3. The molecule has 0 saturated carbocycles. The fraction of sp³-hybridized carbons (Fsp3) is 0.714. The Bertz CT molecular complexity index is 454. The van der Waals surface area contributed by atoms with Gasteiger partial charge in [-0.2, -0.15) is 5.10 Å². The van der Waals surface area contributed by atoms with E-state index in [0.29, 0.717) is 0 Å². The zero-order valence-corrected chi connectivity index (χ0v) is 12.4. The highest BCUT2D eigenvalue weighted by Crippen LogP contribution is 2.31. The minimum atomic E-state index is -0.246. The molecule has 0 aliphatic carbocycles. The molecule has 0 aromatic carbocycles. The third-order valence-electron chi connectivity index (χ3n) is 3.86. The van der Waals surface area contributed by atoms with Gasteiger partial charge < -0.3 is 4.90 Å². The first-order valence-electron chi connectivity index (χ1n) is 6.82. The van der Waals surface area contributed by atoms with E-state index in [9.17, 15) is 4.79 Å². The zero-order valence-electron chi connectivity index (χ0n) is 12.4. The number of amides is 1. The van der Waals surface area contributed by atoms with Crippen molar-refractivity contribution in [1.82, 2.24) is 19.6 Å². The number of aromatic nitrogens is 2. The molecule has 19 heavy (non-hydrogen) atoms. The molecule has 2 heterocycles. The number of nitrogens with zero attached hydrogens (tertiary/aromatic N) is 4. The van der Waals surface area contributed by atoms with Gasteiger partial charge in [-0.05, 0) is 26.3 Å². The van der Waals surface area contributed by atoms with E-state index in [-0.39, 0.29) is 11.3 Å². The van der Waals surface area contributed by atoms with E-state index in [4.69, 9.17) is 0 Å². The molecule has 2 rings (SSSR count). The van der Waals surface area contributed by atoms with Crippen LogP contribution in [0.1, 0.15) is 25.3 Å². The van der Waals surface area contributed by atoms with Crippen molar-refractivity contribution in [3.63, 3.8) is 0 Å². The Morgan fingerprint density at radius 1 is 1.53 bits per heavy atom. The minimum absolute atomic E-state index is 0.239. The summed E-state index contributed by atoms with van der Waals surface area (Å²) >= 11 is 0. The molecule has 0 radical (unpaired) electrons. The van der Waals surface area contributed by atoms with E-state index in [0.717, 1.165) is 32.5 Å². The topological polar surface area (TPSA) is 41.4 Å². The number of carbonyl (C=O) groups excluding carboxylic acids is 1. The fourth-order valence-corrected chi connectivity index (χ4v) is 3.01. The molecule has 1 aromatic heterocycles. The van der Waals surface area contributed by atoms with Crippen LogP contribution in [0.25, 0.3) is 0 Å². The van der Waals surface area contributed by atoms with Crippen LogP contribution in [0.2, 0.25) is 0 Å². The summed E-state index contributed by atoms with van der Waals surface area (Å²) in [4.78, 5) is 16.4. The summed E-state index contributed by atoms with van der Waals surface area (Å²) in [6.45, 7) is 4.86. The summed E-state index contributed by atoms with van der Waals surface area (Å²) in [6.07, 6.45) is 6.00. The van der Waals surface area contributed by atoms with Crippen LogP contribution in [0.4, 0.5) is 0 Å². The summed E-state index contributed by atoms with van der Waals surface area (Å²) in [5.74, 6) is 0.239. The predicted molar refractivity (Wildman–Crippen MR) is 74.5 cm³/mol. The summed E-state index contributed by atoms with van der Waals surface area (Å²) < 4.78 is 1.82. The smallest absolute Gasteiger partial charge is 0.229 e. The fourth-order valence-electron chi connectivity index (χ4n) is 3.01. The van der Waals surface area contributed by atoms with Gasteiger partial charge in [0.1, 0.15) is 0 Å². The van der Waals surface area contributed by atoms with Gasteiger partial charge in [0, 0.05) is 46.0 Å². The number of piperidine rings is 1. The molecule has 5 heteroatoms. The van der Waals surface area contributed by atoms with Crippen molar-refractivity contribution >= 4 is 5.91 Å². The largest absolute Gasteiger partial charge is 0.348 e. The second-order valence-electron chi connectivity index (χ2n) is 6.10. The van der Waals surface area contributed by atoms with Crippen LogP contribution in [0.15, 0.2) is 12.4 Å². The predicted octanol–water partition coefficient (Wildman–Crippen LogP) is 1.11. The molecule has 0 unspecified atom stereocenters.